The van der Waals surface area contributed by atoms with Crippen molar-refractivity contribution in [3.8, 4) is 0 Å². The molecule has 0 unspecified atom stereocenters. The minimum Gasteiger partial charge on any atom is -0.465 e. The second kappa shape index (κ2) is 8.28. The van der Waals surface area contributed by atoms with Gasteiger partial charge in [-0.15, -0.1) is 0 Å². The van der Waals surface area contributed by atoms with Crippen molar-refractivity contribution < 1.29 is 19.5 Å². The first-order valence-corrected chi connectivity index (χ1v) is 10.5. The second-order valence-corrected chi connectivity index (χ2v) is 9.62. The van der Waals surface area contributed by atoms with E-state index in [4.69, 9.17) is 11.6 Å². The summed E-state index contributed by atoms with van der Waals surface area (Å²) in [6, 6.07) is 5.45. The number of benzene rings is 1. The zero-order valence-corrected chi connectivity index (χ0v) is 18.1. The predicted octanol–water partition coefficient (Wildman–Crippen LogP) is 4.27. The second-order valence-electron chi connectivity index (χ2n) is 8.19. The number of para-hydroxylation sites is 1. The van der Waals surface area contributed by atoms with Gasteiger partial charge in [-0.1, -0.05) is 23.7 Å². The molecule has 2 N–H and O–H groups in total. The molecule has 2 aliphatic rings. The third-order valence-electron chi connectivity index (χ3n) is 5.03. The van der Waals surface area contributed by atoms with Crippen LogP contribution in [0.5, 0.6) is 0 Å². The molecular weight excluding hydrogens is 414 g/mol. The normalized spacial score (nSPS) is 21.0. The van der Waals surface area contributed by atoms with Crippen LogP contribution in [0.1, 0.15) is 32.8 Å². The lowest BCUT2D eigenvalue weighted by molar-refractivity contribution is -0.115. The predicted molar refractivity (Wildman–Crippen MR) is 115 cm³/mol. The fraction of sp³-hybridized carbons (Fsp3) is 0.450. The lowest BCUT2D eigenvalue weighted by Gasteiger charge is -2.35. The Hall–Kier alpha value is -2.19. The first-order valence-electron chi connectivity index (χ1n) is 9.35. The van der Waals surface area contributed by atoms with Gasteiger partial charge < -0.3 is 14.9 Å². The van der Waals surface area contributed by atoms with Crippen LogP contribution in [0.15, 0.2) is 23.1 Å². The van der Waals surface area contributed by atoms with Gasteiger partial charge in [0.05, 0.1) is 15.6 Å². The first-order chi connectivity index (χ1) is 13.6. The third kappa shape index (κ3) is 4.87. The van der Waals surface area contributed by atoms with Crippen molar-refractivity contribution in [1.29, 1.82) is 0 Å². The van der Waals surface area contributed by atoms with E-state index in [1.165, 1.54) is 4.90 Å². The number of carbonyl (C=O) groups is 3. The first kappa shape index (κ1) is 21.5. The number of anilines is 1. The number of halogens is 1. The van der Waals surface area contributed by atoms with Gasteiger partial charge in [0.2, 0.25) is 0 Å². The van der Waals surface area contributed by atoms with E-state index in [9.17, 15) is 19.5 Å². The molecule has 3 rings (SSSR count). The maximum Gasteiger partial charge on any atom is 0.407 e. The van der Waals surface area contributed by atoms with Crippen LogP contribution in [-0.2, 0) is 4.79 Å². The molecule has 2 fully saturated rings. The minimum atomic E-state index is -0.923. The number of rotatable bonds is 4. The van der Waals surface area contributed by atoms with E-state index in [2.05, 4.69) is 10.2 Å². The highest BCUT2D eigenvalue weighted by atomic mass is 35.5. The molecule has 1 aromatic rings. The van der Waals surface area contributed by atoms with Crippen LogP contribution >= 0.6 is 23.4 Å². The van der Waals surface area contributed by atoms with E-state index in [0.717, 1.165) is 36.0 Å². The van der Waals surface area contributed by atoms with Crippen LogP contribution in [0, 0.1) is 5.92 Å². The molecular formula is C20H24ClN3O4S. The van der Waals surface area contributed by atoms with E-state index in [1.54, 1.807) is 18.2 Å². The smallest absolute Gasteiger partial charge is 0.407 e. The molecule has 7 nitrogen and oxygen atoms in total. The Bertz CT molecular complexity index is 881. The molecule has 0 aliphatic carbocycles. The van der Waals surface area contributed by atoms with Crippen molar-refractivity contribution in [3.63, 3.8) is 0 Å². The van der Waals surface area contributed by atoms with E-state index in [-0.39, 0.29) is 11.2 Å². The van der Waals surface area contributed by atoms with Crippen LogP contribution < -0.4 is 10.2 Å². The van der Waals surface area contributed by atoms with Crippen LogP contribution in [0.3, 0.4) is 0 Å². The van der Waals surface area contributed by atoms with Crippen LogP contribution in [0.2, 0.25) is 5.02 Å². The van der Waals surface area contributed by atoms with Crippen LogP contribution in [-0.4, -0.2) is 52.4 Å². The summed E-state index contributed by atoms with van der Waals surface area (Å²) in [5, 5.41) is 12.0. The van der Waals surface area contributed by atoms with Gasteiger partial charge in [-0.25, -0.2) is 4.79 Å². The van der Waals surface area contributed by atoms with Gasteiger partial charge in [0.15, 0.2) is 0 Å². The maximum absolute atomic E-state index is 11.9. The summed E-state index contributed by atoms with van der Waals surface area (Å²) in [5.41, 5.74) is 1.09. The van der Waals surface area contributed by atoms with Gasteiger partial charge in [-0.3, -0.25) is 14.9 Å². The SMILES string of the molecule is CC(C)(C)N(C[C@H]1CCN(c2c(Cl)cccc2C=C2SC(=O)NC2=O)C1)C(=O)O. The summed E-state index contributed by atoms with van der Waals surface area (Å²) in [6.45, 7) is 7.51. The van der Waals surface area contributed by atoms with Gasteiger partial charge >= 0.3 is 6.09 Å². The lowest BCUT2D eigenvalue weighted by Crippen LogP contribution is -2.47. The summed E-state index contributed by atoms with van der Waals surface area (Å²) in [5.74, 6) is -0.236. The highest BCUT2D eigenvalue weighted by molar-refractivity contribution is 8.18. The summed E-state index contributed by atoms with van der Waals surface area (Å²) < 4.78 is 0. The summed E-state index contributed by atoms with van der Waals surface area (Å²) in [6.07, 6.45) is 1.60. The number of thioether (sulfide) groups is 1. The molecule has 29 heavy (non-hydrogen) atoms. The molecule has 0 radical (unpaired) electrons. The highest BCUT2D eigenvalue weighted by Crippen LogP contribution is 2.37. The molecule has 3 amide bonds. The van der Waals surface area contributed by atoms with E-state index >= 15 is 0 Å². The highest BCUT2D eigenvalue weighted by Gasteiger charge is 2.33. The average molecular weight is 438 g/mol. The molecule has 1 aromatic carbocycles. The topological polar surface area (TPSA) is 90.0 Å². The number of carboxylic acid groups (broad SMARTS) is 1. The third-order valence-corrected chi connectivity index (χ3v) is 6.15. The Labute approximate surface area is 179 Å². The zero-order chi connectivity index (χ0) is 21.3. The average Bonchev–Trinajstić information content (AvgIpc) is 3.18. The molecule has 0 saturated carbocycles. The largest absolute Gasteiger partial charge is 0.465 e. The quantitative estimate of drug-likeness (QED) is 0.683. The molecule has 1 atom stereocenters. The molecule has 2 saturated heterocycles. The van der Waals surface area contributed by atoms with Gasteiger partial charge in [-0.2, -0.15) is 0 Å². The van der Waals surface area contributed by atoms with Crippen molar-refractivity contribution in [3.05, 3.63) is 33.7 Å². The number of imide groups is 1. The monoisotopic (exact) mass is 437 g/mol. The Morgan fingerprint density at radius 1 is 1.41 bits per heavy atom. The fourth-order valence-corrected chi connectivity index (χ4v) is 4.60. The Balaban J connectivity index is 1.82. The molecule has 9 heteroatoms. The van der Waals surface area contributed by atoms with Crippen molar-refractivity contribution in [2.24, 2.45) is 5.92 Å². The summed E-state index contributed by atoms with van der Waals surface area (Å²) >= 11 is 7.36. The fourth-order valence-electron chi connectivity index (χ4n) is 3.63. The molecule has 2 aliphatic heterocycles. The molecule has 156 valence electrons. The van der Waals surface area contributed by atoms with Crippen LogP contribution in [0.25, 0.3) is 6.08 Å². The van der Waals surface area contributed by atoms with Gasteiger partial charge in [-0.05, 0) is 57.0 Å². The van der Waals surface area contributed by atoms with Crippen molar-refractivity contribution in [1.82, 2.24) is 10.2 Å². The summed E-state index contributed by atoms with van der Waals surface area (Å²) in [4.78, 5) is 38.9. The number of nitrogens with one attached hydrogen (secondary N) is 1. The lowest BCUT2D eigenvalue weighted by atomic mass is 10.0. The van der Waals surface area contributed by atoms with Crippen molar-refractivity contribution in [2.45, 2.75) is 32.7 Å². The maximum atomic E-state index is 11.9. The minimum absolute atomic E-state index is 0.174. The molecule has 2 heterocycles. The Morgan fingerprint density at radius 3 is 2.72 bits per heavy atom. The number of carbonyl (C=O) groups excluding carboxylic acids is 2. The van der Waals surface area contributed by atoms with Crippen LogP contribution in [0.4, 0.5) is 15.3 Å². The van der Waals surface area contributed by atoms with E-state index in [1.807, 2.05) is 26.8 Å². The van der Waals surface area contributed by atoms with Crippen molar-refractivity contribution in [2.75, 3.05) is 24.5 Å². The zero-order valence-electron chi connectivity index (χ0n) is 16.6. The van der Waals surface area contributed by atoms with Gasteiger partial charge in [0.25, 0.3) is 11.1 Å². The van der Waals surface area contributed by atoms with Gasteiger partial charge in [0.1, 0.15) is 0 Å². The van der Waals surface area contributed by atoms with E-state index < -0.39 is 17.5 Å². The number of hydrogen-bond acceptors (Lipinski definition) is 5. The Kier molecular flexibility index (Phi) is 6.14. The number of hydrogen-bond donors (Lipinski definition) is 2. The standard InChI is InChI=1S/C20H24ClN3O4S/c1-20(2,3)24(19(27)28)11-12-7-8-23(10-12)16-13(5-4-6-14(16)21)9-15-17(25)22-18(26)29-15/h4-6,9,12H,7-8,10-11H2,1-3H3,(H,27,28)(H,22,25,26)/t12-/m0/s1. The van der Waals surface area contributed by atoms with Gasteiger partial charge in [0, 0.05) is 30.7 Å². The van der Waals surface area contributed by atoms with Crippen molar-refractivity contribution >= 4 is 52.4 Å². The molecule has 0 bridgehead atoms. The number of nitrogens with zero attached hydrogens (tertiary/aromatic N) is 2. The summed E-state index contributed by atoms with van der Waals surface area (Å²) in [7, 11) is 0. The Morgan fingerprint density at radius 2 is 2.14 bits per heavy atom. The molecule has 0 spiro atoms. The molecule has 0 aromatic heterocycles. The van der Waals surface area contributed by atoms with E-state index in [0.29, 0.717) is 23.0 Å². The number of amides is 3.